The number of hydrogen-bond acceptors (Lipinski definition) is 3. The van der Waals surface area contributed by atoms with Crippen molar-refractivity contribution in [3.63, 3.8) is 0 Å². The maximum absolute atomic E-state index is 5.54. The Bertz CT molecular complexity index is 583. The Morgan fingerprint density at radius 2 is 2.00 bits per heavy atom. The van der Waals surface area contributed by atoms with Gasteiger partial charge in [-0.05, 0) is 59.6 Å². The standard InChI is InChI=1S/C16H19Br2NO2/c1-3-8-19-15(13-7-9-21-16(13)18)12-6-5-11(20-4-2)10-14(12)17/h5-7,9-10,15,19H,3-4,8H2,1-2H3. The first-order valence-corrected chi connectivity index (χ1v) is 8.64. The third-order valence-corrected chi connectivity index (χ3v) is 4.48. The maximum Gasteiger partial charge on any atom is 0.174 e. The predicted octanol–water partition coefficient (Wildman–Crippen LogP) is 5.29. The molecule has 0 saturated heterocycles. The highest BCUT2D eigenvalue weighted by molar-refractivity contribution is 9.10. The van der Waals surface area contributed by atoms with Crippen LogP contribution in [0.25, 0.3) is 0 Å². The van der Waals surface area contributed by atoms with Gasteiger partial charge in [-0.3, -0.25) is 0 Å². The molecule has 0 aliphatic rings. The number of furan rings is 1. The van der Waals surface area contributed by atoms with E-state index in [1.54, 1.807) is 6.26 Å². The Morgan fingerprint density at radius 3 is 2.57 bits per heavy atom. The highest BCUT2D eigenvalue weighted by Gasteiger charge is 2.20. The number of hydrogen-bond donors (Lipinski definition) is 1. The van der Waals surface area contributed by atoms with Crippen LogP contribution in [0.15, 0.2) is 44.1 Å². The lowest BCUT2D eigenvalue weighted by Gasteiger charge is -2.20. The van der Waals surface area contributed by atoms with Crippen LogP contribution < -0.4 is 10.1 Å². The highest BCUT2D eigenvalue weighted by atomic mass is 79.9. The van der Waals surface area contributed by atoms with Crippen LogP contribution in [-0.4, -0.2) is 13.2 Å². The monoisotopic (exact) mass is 415 g/mol. The number of ether oxygens (including phenoxy) is 1. The van der Waals surface area contributed by atoms with E-state index in [-0.39, 0.29) is 6.04 Å². The summed E-state index contributed by atoms with van der Waals surface area (Å²) in [6.07, 6.45) is 2.77. The summed E-state index contributed by atoms with van der Waals surface area (Å²) in [4.78, 5) is 0. The predicted molar refractivity (Wildman–Crippen MR) is 91.9 cm³/mol. The summed E-state index contributed by atoms with van der Waals surface area (Å²) < 4.78 is 12.7. The quantitative estimate of drug-likeness (QED) is 0.665. The van der Waals surface area contributed by atoms with Crippen molar-refractivity contribution in [2.24, 2.45) is 0 Å². The lowest BCUT2D eigenvalue weighted by molar-refractivity contribution is 0.340. The topological polar surface area (TPSA) is 34.4 Å². The average molecular weight is 417 g/mol. The molecule has 3 nitrogen and oxygen atoms in total. The van der Waals surface area contributed by atoms with Gasteiger partial charge in [0, 0.05) is 10.0 Å². The van der Waals surface area contributed by atoms with Gasteiger partial charge in [0.15, 0.2) is 4.67 Å². The molecule has 0 fully saturated rings. The van der Waals surface area contributed by atoms with Crippen molar-refractivity contribution in [2.45, 2.75) is 26.3 Å². The van der Waals surface area contributed by atoms with Crippen molar-refractivity contribution in [1.82, 2.24) is 5.32 Å². The fraction of sp³-hybridized carbons (Fsp3) is 0.375. The molecule has 0 spiro atoms. The molecule has 21 heavy (non-hydrogen) atoms. The van der Waals surface area contributed by atoms with Gasteiger partial charge in [-0.1, -0.05) is 28.9 Å². The molecule has 1 unspecified atom stereocenters. The van der Waals surface area contributed by atoms with E-state index in [4.69, 9.17) is 9.15 Å². The molecule has 114 valence electrons. The molecule has 0 radical (unpaired) electrons. The van der Waals surface area contributed by atoms with Crippen LogP contribution in [0, 0.1) is 0 Å². The van der Waals surface area contributed by atoms with Gasteiger partial charge in [0.2, 0.25) is 0 Å². The third-order valence-electron chi connectivity index (χ3n) is 3.15. The van der Waals surface area contributed by atoms with Gasteiger partial charge >= 0.3 is 0 Å². The van der Waals surface area contributed by atoms with Gasteiger partial charge in [0.1, 0.15) is 5.75 Å². The number of rotatable bonds is 7. The van der Waals surface area contributed by atoms with Crippen LogP contribution in [0.3, 0.4) is 0 Å². The van der Waals surface area contributed by atoms with Crippen molar-refractivity contribution >= 4 is 31.9 Å². The number of benzene rings is 1. The van der Waals surface area contributed by atoms with Gasteiger partial charge in [-0.2, -0.15) is 0 Å². The zero-order valence-electron chi connectivity index (χ0n) is 12.2. The first-order valence-electron chi connectivity index (χ1n) is 7.05. The molecule has 2 aromatic rings. The van der Waals surface area contributed by atoms with Crippen molar-refractivity contribution in [2.75, 3.05) is 13.2 Å². The first kappa shape index (κ1) is 16.6. The summed E-state index contributed by atoms with van der Waals surface area (Å²) in [5.74, 6) is 0.869. The minimum atomic E-state index is 0.0723. The van der Waals surface area contributed by atoms with Crippen molar-refractivity contribution in [3.05, 3.63) is 50.8 Å². The lowest BCUT2D eigenvalue weighted by atomic mass is 10.0. The summed E-state index contributed by atoms with van der Waals surface area (Å²) in [5, 5.41) is 3.56. The van der Waals surface area contributed by atoms with E-state index in [1.807, 2.05) is 25.1 Å². The van der Waals surface area contributed by atoms with Crippen LogP contribution in [0.2, 0.25) is 0 Å². The van der Waals surface area contributed by atoms with E-state index in [0.717, 1.165) is 39.0 Å². The Balaban J connectivity index is 2.35. The molecule has 0 aliphatic heterocycles. The fourth-order valence-electron chi connectivity index (χ4n) is 2.18. The third kappa shape index (κ3) is 4.11. The number of nitrogens with one attached hydrogen (secondary N) is 1. The largest absolute Gasteiger partial charge is 0.494 e. The molecule has 1 N–H and O–H groups in total. The Labute approximate surface area is 142 Å². The molecule has 1 atom stereocenters. The molecule has 0 aliphatic carbocycles. The van der Waals surface area contributed by atoms with E-state index in [0.29, 0.717) is 6.61 Å². The van der Waals surface area contributed by atoms with Crippen LogP contribution in [-0.2, 0) is 0 Å². The van der Waals surface area contributed by atoms with E-state index in [9.17, 15) is 0 Å². The fourth-order valence-corrected chi connectivity index (χ4v) is 3.24. The molecule has 0 saturated carbocycles. The molecular formula is C16H19Br2NO2. The normalized spacial score (nSPS) is 12.4. The van der Waals surface area contributed by atoms with E-state index >= 15 is 0 Å². The molecule has 1 heterocycles. The van der Waals surface area contributed by atoms with E-state index < -0.39 is 0 Å². The molecule has 1 aromatic carbocycles. The molecule has 1 aromatic heterocycles. The van der Waals surface area contributed by atoms with E-state index in [2.05, 4.69) is 50.2 Å². The molecule has 2 rings (SSSR count). The summed E-state index contributed by atoms with van der Waals surface area (Å²) in [7, 11) is 0. The van der Waals surface area contributed by atoms with E-state index in [1.165, 1.54) is 0 Å². The average Bonchev–Trinajstić information content (AvgIpc) is 2.88. The molecular weight excluding hydrogens is 398 g/mol. The molecule has 0 bridgehead atoms. The SMILES string of the molecule is CCCNC(c1ccc(OCC)cc1Br)c1ccoc1Br. The zero-order valence-corrected chi connectivity index (χ0v) is 15.3. The summed E-state index contributed by atoms with van der Waals surface area (Å²) >= 11 is 7.13. The van der Waals surface area contributed by atoms with Gasteiger partial charge in [0.05, 0.1) is 18.9 Å². The minimum absolute atomic E-state index is 0.0723. The van der Waals surface area contributed by atoms with Gasteiger partial charge in [-0.15, -0.1) is 0 Å². The van der Waals surface area contributed by atoms with Crippen LogP contribution in [0.1, 0.15) is 37.4 Å². The van der Waals surface area contributed by atoms with Crippen LogP contribution in [0.5, 0.6) is 5.75 Å². The minimum Gasteiger partial charge on any atom is -0.494 e. The Kier molecular flexibility index (Phi) is 6.33. The van der Waals surface area contributed by atoms with Crippen LogP contribution >= 0.6 is 31.9 Å². The second kappa shape index (κ2) is 8.01. The lowest BCUT2D eigenvalue weighted by Crippen LogP contribution is -2.23. The number of halogens is 2. The highest BCUT2D eigenvalue weighted by Crippen LogP contribution is 2.35. The summed E-state index contributed by atoms with van der Waals surface area (Å²) in [5.41, 5.74) is 2.25. The smallest absolute Gasteiger partial charge is 0.174 e. The second-order valence-electron chi connectivity index (χ2n) is 4.65. The zero-order chi connectivity index (χ0) is 15.2. The van der Waals surface area contributed by atoms with Crippen molar-refractivity contribution < 1.29 is 9.15 Å². The van der Waals surface area contributed by atoms with Crippen molar-refractivity contribution in [1.29, 1.82) is 0 Å². The van der Waals surface area contributed by atoms with Gasteiger partial charge < -0.3 is 14.5 Å². The maximum atomic E-state index is 5.54. The molecule has 5 heteroatoms. The Morgan fingerprint density at radius 1 is 1.19 bits per heavy atom. The van der Waals surface area contributed by atoms with Crippen LogP contribution in [0.4, 0.5) is 0 Å². The van der Waals surface area contributed by atoms with Gasteiger partial charge in [0.25, 0.3) is 0 Å². The molecule has 0 amide bonds. The second-order valence-corrected chi connectivity index (χ2v) is 6.23. The Hall–Kier alpha value is -0.780. The summed E-state index contributed by atoms with van der Waals surface area (Å²) in [6, 6.07) is 8.15. The first-order chi connectivity index (χ1) is 10.2. The van der Waals surface area contributed by atoms with Crippen molar-refractivity contribution in [3.8, 4) is 5.75 Å². The van der Waals surface area contributed by atoms with Gasteiger partial charge in [-0.25, -0.2) is 0 Å². The summed E-state index contributed by atoms with van der Waals surface area (Å²) in [6.45, 7) is 5.73.